The summed E-state index contributed by atoms with van der Waals surface area (Å²) in [6.45, 7) is 1.56. The quantitative estimate of drug-likeness (QED) is 0.554. The highest BCUT2D eigenvalue weighted by atomic mass is 16.5. The molecule has 0 fully saturated rings. The van der Waals surface area contributed by atoms with E-state index in [4.69, 9.17) is 9.72 Å². The highest BCUT2D eigenvalue weighted by Crippen LogP contribution is 2.34. The zero-order valence-electron chi connectivity index (χ0n) is 14.5. The van der Waals surface area contributed by atoms with Gasteiger partial charge >= 0.3 is 0 Å². The van der Waals surface area contributed by atoms with E-state index < -0.39 is 0 Å². The highest BCUT2D eigenvalue weighted by Gasteiger charge is 2.14. The third-order valence-electron chi connectivity index (χ3n) is 4.34. The molecule has 0 aliphatic heterocycles. The van der Waals surface area contributed by atoms with Crippen molar-refractivity contribution in [2.24, 2.45) is 0 Å². The van der Waals surface area contributed by atoms with E-state index in [0.29, 0.717) is 11.2 Å². The number of hydrogen-bond acceptors (Lipinski definition) is 4. The fourth-order valence-electron chi connectivity index (χ4n) is 3.00. The molecule has 0 aliphatic rings. The number of aromatic amines is 1. The number of para-hydroxylation sites is 1. The number of fused-ring (bicyclic) bond motifs is 1. The molecule has 128 valence electrons. The van der Waals surface area contributed by atoms with E-state index >= 15 is 0 Å². The molecule has 0 saturated carbocycles. The number of nitrogens with zero attached hydrogens (tertiary/aromatic N) is 2. The van der Waals surface area contributed by atoms with Crippen LogP contribution < -0.4 is 4.74 Å². The maximum absolute atomic E-state index is 11.7. The summed E-state index contributed by atoms with van der Waals surface area (Å²) >= 11 is 0. The summed E-state index contributed by atoms with van der Waals surface area (Å²) in [7, 11) is 1.65. The Labute approximate surface area is 150 Å². The minimum Gasteiger partial charge on any atom is -0.496 e. The van der Waals surface area contributed by atoms with Crippen molar-refractivity contribution in [3.8, 4) is 28.1 Å². The summed E-state index contributed by atoms with van der Waals surface area (Å²) in [5.74, 6) is 0.802. The molecule has 0 aliphatic carbocycles. The van der Waals surface area contributed by atoms with Gasteiger partial charge in [0.05, 0.1) is 19.0 Å². The number of ketones is 1. The Kier molecular flexibility index (Phi) is 3.97. The molecular weight excluding hydrogens is 326 g/mol. The van der Waals surface area contributed by atoms with Crippen LogP contribution in [0, 0.1) is 0 Å². The van der Waals surface area contributed by atoms with Crippen LogP contribution in [0.2, 0.25) is 0 Å². The largest absolute Gasteiger partial charge is 0.496 e. The molecule has 2 aromatic heterocycles. The summed E-state index contributed by atoms with van der Waals surface area (Å²) in [5, 5.41) is 0. The summed E-state index contributed by atoms with van der Waals surface area (Å²) in [6.07, 6.45) is 3.60. The van der Waals surface area contributed by atoms with Gasteiger partial charge in [-0.25, -0.2) is 9.97 Å². The highest BCUT2D eigenvalue weighted by molar-refractivity contribution is 5.96. The van der Waals surface area contributed by atoms with E-state index in [2.05, 4.69) is 9.97 Å². The lowest BCUT2D eigenvalue weighted by molar-refractivity contribution is 0.101. The third-order valence-corrected chi connectivity index (χ3v) is 4.34. The van der Waals surface area contributed by atoms with Gasteiger partial charge in [0.15, 0.2) is 11.4 Å². The monoisotopic (exact) mass is 343 g/mol. The van der Waals surface area contributed by atoms with Crippen LogP contribution in [0.15, 0.2) is 60.9 Å². The van der Waals surface area contributed by atoms with Crippen molar-refractivity contribution in [3.05, 3.63) is 66.5 Å². The van der Waals surface area contributed by atoms with Crippen molar-refractivity contribution in [2.45, 2.75) is 6.92 Å². The van der Waals surface area contributed by atoms with Gasteiger partial charge in [-0.05, 0) is 19.1 Å². The smallest absolute Gasteiger partial charge is 0.159 e. The van der Waals surface area contributed by atoms with Crippen LogP contribution >= 0.6 is 0 Å². The van der Waals surface area contributed by atoms with Gasteiger partial charge < -0.3 is 9.72 Å². The molecule has 2 heterocycles. The Balaban J connectivity index is 1.88. The summed E-state index contributed by atoms with van der Waals surface area (Å²) < 4.78 is 5.48. The fraction of sp³-hybridized carbons (Fsp3) is 0.0952. The van der Waals surface area contributed by atoms with Crippen molar-refractivity contribution in [2.75, 3.05) is 7.11 Å². The summed E-state index contributed by atoms with van der Waals surface area (Å²) in [4.78, 5) is 24.1. The molecule has 4 rings (SSSR count). The van der Waals surface area contributed by atoms with Crippen LogP contribution in [0.5, 0.6) is 5.75 Å². The summed E-state index contributed by atoms with van der Waals surface area (Å²) in [6, 6.07) is 15.2. The molecule has 1 N–H and O–H groups in total. The molecule has 26 heavy (non-hydrogen) atoms. The molecule has 0 unspecified atom stereocenters. The second-order valence-electron chi connectivity index (χ2n) is 5.99. The van der Waals surface area contributed by atoms with Crippen LogP contribution in [0.3, 0.4) is 0 Å². The number of nitrogens with one attached hydrogen (secondary N) is 1. The molecule has 2 aromatic carbocycles. The first-order valence-electron chi connectivity index (χ1n) is 8.26. The predicted octanol–water partition coefficient (Wildman–Crippen LogP) is 4.50. The Morgan fingerprint density at radius 1 is 1.08 bits per heavy atom. The van der Waals surface area contributed by atoms with Crippen LogP contribution in [-0.4, -0.2) is 27.8 Å². The van der Waals surface area contributed by atoms with Crippen LogP contribution in [0.4, 0.5) is 0 Å². The molecule has 5 nitrogen and oxygen atoms in total. The van der Waals surface area contributed by atoms with Crippen molar-refractivity contribution in [1.29, 1.82) is 0 Å². The zero-order chi connectivity index (χ0) is 18.1. The first-order valence-corrected chi connectivity index (χ1v) is 8.26. The van der Waals surface area contributed by atoms with Gasteiger partial charge in [-0.2, -0.15) is 0 Å². The number of benzene rings is 2. The minimum atomic E-state index is 0.0252. The maximum atomic E-state index is 11.7. The molecule has 0 atom stereocenters. The van der Waals surface area contributed by atoms with Crippen LogP contribution in [0.25, 0.3) is 33.5 Å². The lowest BCUT2D eigenvalue weighted by Crippen LogP contribution is -1.94. The van der Waals surface area contributed by atoms with Gasteiger partial charge in [-0.1, -0.05) is 36.4 Å². The first kappa shape index (κ1) is 16.0. The number of carbonyl (C=O) groups is 1. The van der Waals surface area contributed by atoms with E-state index in [9.17, 15) is 4.79 Å². The fourth-order valence-corrected chi connectivity index (χ4v) is 3.00. The number of carbonyl (C=O) groups excluding carboxylic acids is 1. The average Bonchev–Trinajstić information content (AvgIpc) is 3.11. The number of methoxy groups -OCH3 is 1. The SMILES string of the molecule is COc1ccccc1-c1c[nH]c2ncc(-c3cccc(C(C)=O)c3)nc12. The Bertz CT molecular complexity index is 1120. The molecular formula is C21H17N3O2. The van der Waals surface area contributed by atoms with Crippen LogP contribution in [-0.2, 0) is 0 Å². The number of Topliss-reactive ketones (excluding diaryl/α,β-unsaturated/α-hetero) is 1. The van der Waals surface area contributed by atoms with Gasteiger partial charge in [0, 0.05) is 28.5 Å². The maximum Gasteiger partial charge on any atom is 0.159 e. The molecule has 0 saturated heterocycles. The summed E-state index contributed by atoms with van der Waals surface area (Å²) in [5.41, 5.74) is 5.58. The average molecular weight is 343 g/mol. The van der Waals surface area contributed by atoms with Gasteiger partial charge in [0.25, 0.3) is 0 Å². The van der Waals surface area contributed by atoms with Gasteiger partial charge in [-0.3, -0.25) is 4.79 Å². The van der Waals surface area contributed by atoms with E-state index in [0.717, 1.165) is 33.7 Å². The molecule has 0 amide bonds. The Morgan fingerprint density at radius 3 is 2.73 bits per heavy atom. The number of aromatic nitrogens is 3. The number of rotatable bonds is 4. The predicted molar refractivity (Wildman–Crippen MR) is 101 cm³/mol. The van der Waals surface area contributed by atoms with Crippen LogP contribution in [0.1, 0.15) is 17.3 Å². The van der Waals surface area contributed by atoms with E-state index in [-0.39, 0.29) is 5.78 Å². The molecule has 5 heteroatoms. The first-order chi connectivity index (χ1) is 12.7. The van der Waals surface area contributed by atoms with E-state index in [1.165, 1.54) is 0 Å². The Morgan fingerprint density at radius 2 is 1.92 bits per heavy atom. The standard InChI is InChI=1S/C21H17N3O2/c1-13(25)14-6-5-7-15(10-14)18-12-23-21-20(24-18)17(11-22-21)16-8-3-4-9-19(16)26-2/h3-12H,1-2H3,(H,22,23). The topological polar surface area (TPSA) is 67.9 Å². The number of ether oxygens (including phenoxy) is 1. The molecule has 0 spiro atoms. The van der Waals surface area contributed by atoms with Crippen molar-refractivity contribution < 1.29 is 9.53 Å². The van der Waals surface area contributed by atoms with Gasteiger partial charge in [0.1, 0.15) is 11.3 Å². The molecule has 0 radical (unpaired) electrons. The lowest BCUT2D eigenvalue weighted by Gasteiger charge is -2.07. The zero-order valence-corrected chi connectivity index (χ0v) is 14.5. The van der Waals surface area contributed by atoms with E-state index in [1.807, 2.05) is 48.7 Å². The molecule has 0 bridgehead atoms. The second-order valence-corrected chi connectivity index (χ2v) is 5.99. The van der Waals surface area contributed by atoms with Gasteiger partial charge in [-0.15, -0.1) is 0 Å². The minimum absolute atomic E-state index is 0.0252. The van der Waals surface area contributed by atoms with Gasteiger partial charge in [0.2, 0.25) is 0 Å². The van der Waals surface area contributed by atoms with E-state index in [1.54, 1.807) is 26.3 Å². The molecule has 4 aromatic rings. The second kappa shape index (κ2) is 6.44. The van der Waals surface area contributed by atoms with Crippen molar-refractivity contribution >= 4 is 16.9 Å². The normalized spacial score (nSPS) is 10.8. The van der Waals surface area contributed by atoms with Crippen molar-refractivity contribution in [3.63, 3.8) is 0 Å². The third kappa shape index (κ3) is 2.73. The Hall–Kier alpha value is -3.47. The number of H-pyrrole nitrogens is 1. The van der Waals surface area contributed by atoms with Crippen molar-refractivity contribution in [1.82, 2.24) is 15.0 Å². The lowest BCUT2D eigenvalue weighted by atomic mass is 10.1. The number of hydrogen-bond donors (Lipinski definition) is 1.